The Morgan fingerprint density at radius 2 is 2.38 bits per heavy atom. The lowest BCUT2D eigenvalue weighted by Crippen LogP contribution is -2.46. The van der Waals surface area contributed by atoms with Gasteiger partial charge in [0.1, 0.15) is 5.60 Å². The summed E-state index contributed by atoms with van der Waals surface area (Å²) in [6, 6.07) is 1.89. The van der Waals surface area contributed by atoms with Crippen molar-refractivity contribution in [2.24, 2.45) is 7.05 Å². The van der Waals surface area contributed by atoms with Crippen molar-refractivity contribution >= 4 is 0 Å². The second kappa shape index (κ2) is 3.86. The molecule has 4 heteroatoms. The summed E-state index contributed by atoms with van der Waals surface area (Å²) in [5.41, 5.74) is -0.138. The number of aromatic nitrogens is 2. The number of ether oxygens (including phenoxy) is 1. The maximum absolute atomic E-state index is 10.7. The first-order valence-corrected chi connectivity index (χ1v) is 5.84. The number of aryl methyl sites for hydroxylation is 1. The van der Waals surface area contributed by atoms with Crippen LogP contribution in [-0.4, -0.2) is 27.1 Å². The maximum atomic E-state index is 10.7. The zero-order chi connectivity index (χ0) is 11.8. The molecule has 90 valence electrons. The quantitative estimate of drug-likeness (QED) is 0.829. The minimum Gasteiger partial charge on any atom is -0.383 e. The standard InChI is InChI=1S/C12H20N2O2/c1-4-11(2)9-12(15,6-8-16-11)10-5-7-13-14(10)3/h5,7,15H,4,6,8-9H2,1-3H3. The lowest BCUT2D eigenvalue weighted by Gasteiger charge is -2.43. The normalized spacial score (nSPS) is 35.2. The molecule has 0 bridgehead atoms. The first kappa shape index (κ1) is 11.6. The molecule has 1 aliphatic rings. The van der Waals surface area contributed by atoms with Crippen molar-refractivity contribution < 1.29 is 9.84 Å². The van der Waals surface area contributed by atoms with Crippen LogP contribution in [0.1, 0.15) is 38.8 Å². The molecule has 1 aromatic heterocycles. The molecule has 16 heavy (non-hydrogen) atoms. The predicted molar refractivity (Wildman–Crippen MR) is 61.0 cm³/mol. The van der Waals surface area contributed by atoms with Gasteiger partial charge in [-0.05, 0) is 19.4 Å². The van der Waals surface area contributed by atoms with Crippen molar-refractivity contribution in [1.82, 2.24) is 9.78 Å². The number of rotatable bonds is 2. The average molecular weight is 224 g/mol. The summed E-state index contributed by atoms with van der Waals surface area (Å²) in [5, 5.41) is 14.9. The van der Waals surface area contributed by atoms with Gasteiger partial charge in [0, 0.05) is 26.1 Å². The van der Waals surface area contributed by atoms with E-state index in [2.05, 4.69) is 18.9 Å². The van der Waals surface area contributed by atoms with Gasteiger partial charge in [0.2, 0.25) is 0 Å². The van der Waals surface area contributed by atoms with Gasteiger partial charge < -0.3 is 9.84 Å². The highest BCUT2D eigenvalue weighted by molar-refractivity contribution is 5.14. The van der Waals surface area contributed by atoms with Crippen LogP contribution in [-0.2, 0) is 17.4 Å². The van der Waals surface area contributed by atoms with Gasteiger partial charge in [-0.15, -0.1) is 0 Å². The van der Waals surface area contributed by atoms with E-state index in [0.717, 1.165) is 12.1 Å². The van der Waals surface area contributed by atoms with Gasteiger partial charge in [0.15, 0.2) is 0 Å². The maximum Gasteiger partial charge on any atom is 0.111 e. The molecule has 1 N–H and O–H groups in total. The lowest BCUT2D eigenvalue weighted by atomic mass is 9.80. The molecular formula is C12H20N2O2. The topological polar surface area (TPSA) is 47.3 Å². The second-order valence-electron chi connectivity index (χ2n) is 4.95. The third-order valence-electron chi connectivity index (χ3n) is 3.68. The summed E-state index contributed by atoms with van der Waals surface area (Å²) in [4.78, 5) is 0. The number of nitrogens with zero attached hydrogens (tertiary/aromatic N) is 2. The van der Waals surface area contributed by atoms with Gasteiger partial charge in [-0.1, -0.05) is 6.92 Å². The molecule has 0 amide bonds. The van der Waals surface area contributed by atoms with E-state index in [-0.39, 0.29) is 5.60 Å². The molecular weight excluding hydrogens is 204 g/mol. The van der Waals surface area contributed by atoms with Crippen LogP contribution in [0, 0.1) is 0 Å². The zero-order valence-electron chi connectivity index (χ0n) is 10.2. The van der Waals surface area contributed by atoms with E-state index in [4.69, 9.17) is 4.74 Å². The average Bonchev–Trinajstić information content (AvgIpc) is 2.65. The Labute approximate surface area is 96.2 Å². The molecule has 1 aliphatic heterocycles. The van der Waals surface area contributed by atoms with Crippen molar-refractivity contribution in [3.8, 4) is 0 Å². The Bertz CT molecular complexity index is 377. The van der Waals surface area contributed by atoms with Crippen LogP contribution in [0.3, 0.4) is 0 Å². The van der Waals surface area contributed by atoms with E-state index < -0.39 is 5.60 Å². The molecule has 0 saturated carbocycles. The second-order valence-corrected chi connectivity index (χ2v) is 4.95. The summed E-state index contributed by atoms with van der Waals surface area (Å²) < 4.78 is 7.51. The Morgan fingerprint density at radius 1 is 1.62 bits per heavy atom. The molecule has 2 heterocycles. The summed E-state index contributed by atoms with van der Waals surface area (Å²) >= 11 is 0. The molecule has 0 aromatic carbocycles. The van der Waals surface area contributed by atoms with Crippen molar-refractivity contribution in [3.63, 3.8) is 0 Å². The van der Waals surface area contributed by atoms with Gasteiger partial charge >= 0.3 is 0 Å². The fourth-order valence-corrected chi connectivity index (χ4v) is 2.50. The first-order chi connectivity index (χ1) is 7.49. The minimum atomic E-state index is -0.797. The number of aliphatic hydroxyl groups is 1. The van der Waals surface area contributed by atoms with Gasteiger partial charge in [-0.25, -0.2) is 0 Å². The largest absolute Gasteiger partial charge is 0.383 e. The van der Waals surface area contributed by atoms with Crippen molar-refractivity contribution in [3.05, 3.63) is 18.0 Å². The fourth-order valence-electron chi connectivity index (χ4n) is 2.50. The molecule has 2 atom stereocenters. The van der Waals surface area contributed by atoms with Crippen LogP contribution in [0.25, 0.3) is 0 Å². The lowest BCUT2D eigenvalue weighted by molar-refractivity contribution is -0.160. The summed E-state index contributed by atoms with van der Waals surface area (Å²) in [5.74, 6) is 0. The van der Waals surface area contributed by atoms with Gasteiger partial charge in [-0.3, -0.25) is 4.68 Å². The molecule has 2 rings (SSSR count). The van der Waals surface area contributed by atoms with E-state index >= 15 is 0 Å². The summed E-state index contributed by atoms with van der Waals surface area (Å²) in [6.45, 7) is 4.76. The number of hydrogen-bond acceptors (Lipinski definition) is 3. The summed E-state index contributed by atoms with van der Waals surface area (Å²) in [6.07, 6.45) is 3.91. The van der Waals surface area contributed by atoms with Crippen molar-refractivity contribution in [1.29, 1.82) is 0 Å². The predicted octanol–water partition coefficient (Wildman–Crippen LogP) is 1.59. The highest BCUT2D eigenvalue weighted by atomic mass is 16.5. The Kier molecular flexibility index (Phi) is 2.80. The Balaban J connectivity index is 2.29. The highest BCUT2D eigenvalue weighted by Crippen LogP contribution is 2.40. The van der Waals surface area contributed by atoms with Crippen LogP contribution >= 0.6 is 0 Å². The Hall–Kier alpha value is -0.870. The van der Waals surface area contributed by atoms with Crippen LogP contribution < -0.4 is 0 Å². The number of hydrogen-bond donors (Lipinski definition) is 1. The van der Waals surface area contributed by atoms with E-state index in [0.29, 0.717) is 19.4 Å². The highest BCUT2D eigenvalue weighted by Gasteiger charge is 2.43. The SMILES string of the molecule is CCC1(C)CC(O)(c2ccnn2C)CCO1. The van der Waals surface area contributed by atoms with E-state index in [1.165, 1.54) is 0 Å². The summed E-state index contributed by atoms with van der Waals surface area (Å²) in [7, 11) is 1.87. The Morgan fingerprint density at radius 3 is 2.94 bits per heavy atom. The van der Waals surface area contributed by atoms with E-state index in [9.17, 15) is 5.11 Å². The van der Waals surface area contributed by atoms with Gasteiger partial charge in [0.25, 0.3) is 0 Å². The van der Waals surface area contributed by atoms with Gasteiger partial charge in [0.05, 0.1) is 17.9 Å². The smallest absolute Gasteiger partial charge is 0.111 e. The van der Waals surface area contributed by atoms with Crippen LogP contribution in [0.4, 0.5) is 0 Å². The van der Waals surface area contributed by atoms with Gasteiger partial charge in [-0.2, -0.15) is 5.10 Å². The van der Waals surface area contributed by atoms with E-state index in [1.807, 2.05) is 13.1 Å². The third kappa shape index (κ3) is 1.87. The monoisotopic (exact) mass is 224 g/mol. The van der Waals surface area contributed by atoms with Crippen LogP contribution in [0.2, 0.25) is 0 Å². The first-order valence-electron chi connectivity index (χ1n) is 5.84. The molecule has 1 fully saturated rings. The van der Waals surface area contributed by atoms with Crippen molar-refractivity contribution in [2.45, 2.75) is 44.3 Å². The molecule has 1 saturated heterocycles. The fraction of sp³-hybridized carbons (Fsp3) is 0.750. The minimum absolute atomic E-state index is 0.225. The van der Waals surface area contributed by atoms with Crippen molar-refractivity contribution in [2.75, 3.05) is 6.61 Å². The molecule has 4 nitrogen and oxygen atoms in total. The van der Waals surface area contributed by atoms with E-state index in [1.54, 1.807) is 10.9 Å². The molecule has 1 aromatic rings. The van der Waals surface area contributed by atoms with Crippen LogP contribution in [0.5, 0.6) is 0 Å². The molecule has 0 radical (unpaired) electrons. The molecule has 0 aliphatic carbocycles. The zero-order valence-corrected chi connectivity index (χ0v) is 10.2. The third-order valence-corrected chi connectivity index (χ3v) is 3.68. The molecule has 2 unspecified atom stereocenters. The molecule has 0 spiro atoms. The van der Waals surface area contributed by atoms with Crippen LogP contribution in [0.15, 0.2) is 12.3 Å².